The van der Waals surface area contributed by atoms with E-state index in [0.29, 0.717) is 11.7 Å². The molecule has 1 saturated heterocycles. The number of allylic oxidation sites excluding steroid dienone is 2. The average molecular weight is 220 g/mol. The van der Waals surface area contributed by atoms with Gasteiger partial charge in [0.15, 0.2) is 0 Å². The molecule has 16 heavy (non-hydrogen) atoms. The fourth-order valence-electron chi connectivity index (χ4n) is 3.20. The van der Waals surface area contributed by atoms with E-state index in [1.165, 1.54) is 12.8 Å². The minimum Gasteiger partial charge on any atom is -0.403 e. The van der Waals surface area contributed by atoms with Crippen molar-refractivity contribution in [3.63, 3.8) is 0 Å². The molecule has 0 aromatic carbocycles. The van der Waals surface area contributed by atoms with Gasteiger partial charge in [-0.15, -0.1) is 0 Å². The fraction of sp³-hybridized carbons (Fsp3) is 0.846. The molecule has 1 heterocycles. The predicted octanol–water partition coefficient (Wildman–Crippen LogP) is 3.04. The number of fused-ring (bicyclic) bond motifs is 2. The van der Waals surface area contributed by atoms with Gasteiger partial charge in [-0.25, -0.2) is 0 Å². The lowest BCUT2D eigenvalue weighted by Crippen LogP contribution is -2.41. The molecule has 2 nitrogen and oxygen atoms in total. The Hall–Kier alpha value is -0.275. The molecule has 3 aliphatic rings. The molecule has 3 unspecified atom stereocenters. The largest absolute Gasteiger partial charge is 0.461 e. The van der Waals surface area contributed by atoms with E-state index >= 15 is 0 Å². The Morgan fingerprint density at radius 3 is 2.06 bits per heavy atom. The summed E-state index contributed by atoms with van der Waals surface area (Å²) in [4.78, 5) is 0. The Bertz CT molecular complexity index is 319. The quantitative estimate of drug-likeness (QED) is 0.499. The first-order chi connectivity index (χ1) is 7.39. The summed E-state index contributed by atoms with van der Waals surface area (Å²) in [5, 5.41) is 0. The smallest absolute Gasteiger partial charge is 0.403 e. The third kappa shape index (κ3) is 1.41. The summed E-state index contributed by atoms with van der Waals surface area (Å²) in [6.07, 6.45) is 7.29. The summed E-state index contributed by atoms with van der Waals surface area (Å²) in [6, 6.07) is 0. The van der Waals surface area contributed by atoms with Gasteiger partial charge in [0.2, 0.25) is 0 Å². The van der Waals surface area contributed by atoms with Crippen molar-refractivity contribution in [3.8, 4) is 0 Å². The van der Waals surface area contributed by atoms with E-state index in [1.807, 2.05) is 0 Å². The van der Waals surface area contributed by atoms with Gasteiger partial charge in [-0.2, -0.15) is 0 Å². The van der Waals surface area contributed by atoms with E-state index in [-0.39, 0.29) is 18.3 Å². The second-order valence-electron chi connectivity index (χ2n) is 6.57. The molecule has 0 N–H and O–H groups in total. The predicted molar refractivity (Wildman–Crippen MR) is 65.2 cm³/mol. The van der Waals surface area contributed by atoms with Crippen LogP contribution in [0.4, 0.5) is 0 Å². The third-order valence-electron chi connectivity index (χ3n) is 4.95. The van der Waals surface area contributed by atoms with E-state index in [2.05, 4.69) is 39.8 Å². The zero-order chi connectivity index (χ0) is 11.6. The molecule has 2 bridgehead atoms. The van der Waals surface area contributed by atoms with E-state index < -0.39 is 0 Å². The molecule has 3 rings (SSSR count). The summed E-state index contributed by atoms with van der Waals surface area (Å²) >= 11 is 0. The highest BCUT2D eigenvalue weighted by Gasteiger charge is 2.56. The lowest BCUT2D eigenvalue weighted by Gasteiger charge is -2.32. The number of hydrogen-bond donors (Lipinski definition) is 0. The Labute approximate surface area is 98.5 Å². The summed E-state index contributed by atoms with van der Waals surface area (Å²) in [5.41, 5.74) is -0.355. The van der Waals surface area contributed by atoms with Crippen LogP contribution in [0.15, 0.2) is 12.2 Å². The standard InChI is InChI=1S/C13H21BO2/c1-12(2)13(3,4)16-14(15-12)11-8-9-5-6-10(11)7-9/h5-6,9-11H,7-8H2,1-4H3. The van der Waals surface area contributed by atoms with Crippen molar-refractivity contribution in [1.82, 2.24) is 0 Å². The molecule has 0 aromatic heterocycles. The van der Waals surface area contributed by atoms with Crippen LogP contribution in [0.3, 0.4) is 0 Å². The topological polar surface area (TPSA) is 18.5 Å². The molecule has 1 saturated carbocycles. The molecule has 0 radical (unpaired) electrons. The number of rotatable bonds is 1. The summed E-state index contributed by atoms with van der Waals surface area (Å²) in [7, 11) is 0.00458. The van der Waals surface area contributed by atoms with E-state index in [4.69, 9.17) is 9.31 Å². The van der Waals surface area contributed by atoms with Crippen LogP contribution in [0.25, 0.3) is 0 Å². The van der Waals surface area contributed by atoms with Crippen LogP contribution < -0.4 is 0 Å². The van der Waals surface area contributed by atoms with Gasteiger partial charge in [0.1, 0.15) is 0 Å². The van der Waals surface area contributed by atoms with E-state index in [0.717, 1.165) is 5.92 Å². The Morgan fingerprint density at radius 1 is 1.00 bits per heavy atom. The van der Waals surface area contributed by atoms with Crippen molar-refractivity contribution < 1.29 is 9.31 Å². The van der Waals surface area contributed by atoms with Crippen molar-refractivity contribution in [3.05, 3.63) is 12.2 Å². The molecule has 1 aliphatic heterocycles. The van der Waals surface area contributed by atoms with Crippen molar-refractivity contribution in [2.24, 2.45) is 11.8 Å². The molecule has 3 heteroatoms. The van der Waals surface area contributed by atoms with Crippen LogP contribution in [-0.4, -0.2) is 18.3 Å². The van der Waals surface area contributed by atoms with Crippen LogP contribution in [-0.2, 0) is 9.31 Å². The minimum atomic E-state index is -0.177. The van der Waals surface area contributed by atoms with Crippen molar-refractivity contribution in [2.75, 3.05) is 0 Å². The van der Waals surface area contributed by atoms with Gasteiger partial charge >= 0.3 is 7.12 Å². The monoisotopic (exact) mass is 220 g/mol. The van der Waals surface area contributed by atoms with Crippen LogP contribution in [0.1, 0.15) is 40.5 Å². The van der Waals surface area contributed by atoms with Gasteiger partial charge in [0.25, 0.3) is 0 Å². The summed E-state index contributed by atoms with van der Waals surface area (Å²) in [6.45, 7) is 8.54. The molecule has 0 spiro atoms. The zero-order valence-electron chi connectivity index (χ0n) is 10.7. The van der Waals surface area contributed by atoms with Gasteiger partial charge in [-0.3, -0.25) is 0 Å². The maximum absolute atomic E-state index is 6.14. The van der Waals surface area contributed by atoms with Crippen molar-refractivity contribution in [1.29, 1.82) is 0 Å². The highest BCUT2D eigenvalue weighted by Crippen LogP contribution is 2.52. The fourth-order valence-corrected chi connectivity index (χ4v) is 3.20. The van der Waals surface area contributed by atoms with Crippen LogP contribution in [0.2, 0.25) is 5.82 Å². The third-order valence-corrected chi connectivity index (χ3v) is 4.95. The lowest BCUT2D eigenvalue weighted by atomic mass is 9.65. The highest BCUT2D eigenvalue weighted by atomic mass is 16.7. The normalized spacial score (nSPS) is 43.2. The first-order valence-corrected chi connectivity index (χ1v) is 6.43. The molecule has 2 fully saturated rings. The van der Waals surface area contributed by atoms with Crippen molar-refractivity contribution >= 4 is 7.12 Å². The van der Waals surface area contributed by atoms with Gasteiger partial charge in [0, 0.05) is 5.82 Å². The Kier molecular flexibility index (Phi) is 2.13. The summed E-state index contributed by atoms with van der Waals surface area (Å²) < 4.78 is 12.3. The first-order valence-electron chi connectivity index (χ1n) is 6.43. The Balaban J connectivity index is 1.77. The SMILES string of the molecule is CC1(C)OB(C2CC3C=CC2C3)OC1(C)C. The zero-order valence-corrected chi connectivity index (χ0v) is 10.7. The van der Waals surface area contributed by atoms with Gasteiger partial charge < -0.3 is 9.31 Å². The van der Waals surface area contributed by atoms with Gasteiger partial charge in [0.05, 0.1) is 11.2 Å². The van der Waals surface area contributed by atoms with Crippen molar-refractivity contribution in [2.45, 2.75) is 57.6 Å². The van der Waals surface area contributed by atoms with E-state index in [9.17, 15) is 0 Å². The highest BCUT2D eigenvalue weighted by molar-refractivity contribution is 6.47. The Morgan fingerprint density at radius 2 is 1.62 bits per heavy atom. The maximum Gasteiger partial charge on any atom is 0.461 e. The minimum absolute atomic E-state index is 0.00458. The lowest BCUT2D eigenvalue weighted by molar-refractivity contribution is 0.00578. The maximum atomic E-state index is 6.14. The second-order valence-corrected chi connectivity index (χ2v) is 6.57. The summed E-state index contributed by atoms with van der Waals surface area (Å²) in [5.74, 6) is 2.06. The van der Waals surface area contributed by atoms with Crippen LogP contribution >= 0.6 is 0 Å². The molecule has 0 aromatic rings. The molecule has 2 aliphatic carbocycles. The molecular weight excluding hydrogens is 199 g/mol. The molecule has 3 atom stereocenters. The molecule has 88 valence electrons. The van der Waals surface area contributed by atoms with Gasteiger partial charge in [-0.1, -0.05) is 12.2 Å². The van der Waals surface area contributed by atoms with Crippen LogP contribution in [0, 0.1) is 11.8 Å². The van der Waals surface area contributed by atoms with Gasteiger partial charge in [-0.05, 0) is 52.4 Å². The molecule has 0 amide bonds. The second kappa shape index (κ2) is 3.14. The number of hydrogen-bond acceptors (Lipinski definition) is 2. The van der Waals surface area contributed by atoms with Crippen LogP contribution in [0.5, 0.6) is 0 Å². The molecular formula is C13H21BO2. The van der Waals surface area contributed by atoms with E-state index in [1.54, 1.807) is 0 Å². The average Bonchev–Trinajstić information content (AvgIpc) is 2.79. The first kappa shape index (κ1) is 10.9.